The van der Waals surface area contributed by atoms with Gasteiger partial charge in [0.2, 0.25) is 5.91 Å². The van der Waals surface area contributed by atoms with Crippen LogP contribution in [0.4, 0.5) is 10.1 Å². The van der Waals surface area contributed by atoms with Crippen molar-refractivity contribution in [3.8, 4) is 0 Å². The molecule has 202 valence electrons. The summed E-state index contributed by atoms with van der Waals surface area (Å²) in [5.41, 5.74) is 3.89. The first-order valence-corrected chi connectivity index (χ1v) is 14.1. The number of likely N-dealkylation sites (tertiary alicyclic amines) is 1. The highest BCUT2D eigenvalue weighted by Gasteiger charge is 2.32. The van der Waals surface area contributed by atoms with Crippen molar-refractivity contribution < 1.29 is 9.18 Å². The summed E-state index contributed by atoms with van der Waals surface area (Å²) in [5, 5.41) is 0.729. The van der Waals surface area contributed by atoms with Crippen molar-refractivity contribution in [1.29, 1.82) is 0 Å². The molecular formula is C31H33ClFN5O. The number of imidazole rings is 1. The fourth-order valence-corrected chi connectivity index (χ4v) is 6.06. The zero-order chi connectivity index (χ0) is 26.8. The predicted octanol–water partition coefficient (Wildman–Crippen LogP) is 5.44. The second kappa shape index (κ2) is 11.4. The van der Waals surface area contributed by atoms with Gasteiger partial charge in [-0.15, -0.1) is 0 Å². The summed E-state index contributed by atoms with van der Waals surface area (Å²) in [6.45, 7) is 5.66. The van der Waals surface area contributed by atoms with Gasteiger partial charge in [-0.1, -0.05) is 48.0 Å². The van der Waals surface area contributed by atoms with Crippen molar-refractivity contribution in [3.05, 3.63) is 95.0 Å². The largest absolute Gasteiger partial charge is 0.366 e. The lowest BCUT2D eigenvalue weighted by molar-refractivity contribution is -0.137. The molecule has 8 heteroatoms. The molecular weight excluding hydrogens is 513 g/mol. The Labute approximate surface area is 233 Å². The number of hydrogen-bond acceptors (Lipinski definition) is 4. The number of halogens is 2. The third kappa shape index (κ3) is 5.65. The molecule has 6 nitrogen and oxygen atoms in total. The molecule has 2 fully saturated rings. The van der Waals surface area contributed by atoms with Crippen molar-refractivity contribution in [3.63, 3.8) is 0 Å². The topological polar surface area (TPSA) is 44.6 Å². The quantitative estimate of drug-likeness (QED) is 0.324. The molecule has 3 aromatic carbocycles. The van der Waals surface area contributed by atoms with E-state index in [1.807, 2.05) is 46.2 Å². The fraction of sp³-hybridized carbons (Fsp3) is 0.355. The number of aromatic nitrogens is 2. The van der Waals surface area contributed by atoms with Crippen LogP contribution in [0.1, 0.15) is 24.2 Å². The molecule has 39 heavy (non-hydrogen) atoms. The summed E-state index contributed by atoms with van der Waals surface area (Å²) in [5.74, 6) is 1.01. The molecule has 3 heterocycles. The molecule has 0 saturated carbocycles. The van der Waals surface area contributed by atoms with E-state index in [0.29, 0.717) is 38.4 Å². The second-order valence-electron chi connectivity index (χ2n) is 10.6. The smallest absolute Gasteiger partial charge is 0.227 e. The minimum Gasteiger partial charge on any atom is -0.366 e. The maximum atomic E-state index is 14.2. The number of anilines is 1. The standard InChI is InChI=1S/C31H33ClFN5O/c32-25-13-11-23(12-14-25)20-38-29-10-4-2-8-27(29)34-30(38)22-35-15-5-6-24(21-35)31(39)37-18-16-36(17-19-37)28-9-3-1-7-26(28)33/h1-4,7-14,24H,5-6,15-22H2/t24-/m0/s1. The van der Waals surface area contributed by atoms with Crippen molar-refractivity contribution >= 4 is 34.2 Å². The number of carbonyl (C=O) groups excluding carboxylic acids is 1. The molecule has 2 aliphatic rings. The van der Waals surface area contributed by atoms with Gasteiger partial charge < -0.3 is 14.4 Å². The third-order valence-electron chi connectivity index (χ3n) is 7.99. The van der Waals surface area contributed by atoms with E-state index in [-0.39, 0.29) is 17.6 Å². The minimum atomic E-state index is -0.206. The van der Waals surface area contributed by atoms with Crippen LogP contribution in [0, 0.1) is 11.7 Å². The molecule has 1 aromatic heterocycles. The molecule has 0 bridgehead atoms. The molecule has 4 aromatic rings. The van der Waals surface area contributed by atoms with Gasteiger partial charge in [0.1, 0.15) is 11.6 Å². The minimum absolute atomic E-state index is 0.0205. The maximum absolute atomic E-state index is 14.2. The lowest BCUT2D eigenvalue weighted by Crippen LogP contribution is -2.52. The Bertz CT molecular complexity index is 1450. The Morgan fingerprint density at radius 2 is 1.64 bits per heavy atom. The molecule has 0 spiro atoms. The van der Waals surface area contributed by atoms with E-state index in [0.717, 1.165) is 54.4 Å². The van der Waals surface area contributed by atoms with E-state index in [2.05, 4.69) is 33.7 Å². The summed E-state index contributed by atoms with van der Waals surface area (Å²) in [6, 6.07) is 23.1. The van der Waals surface area contributed by atoms with E-state index in [4.69, 9.17) is 16.6 Å². The number of rotatable bonds is 6. The van der Waals surface area contributed by atoms with Gasteiger partial charge in [-0.05, 0) is 61.3 Å². The van der Waals surface area contributed by atoms with E-state index >= 15 is 0 Å². The third-order valence-corrected chi connectivity index (χ3v) is 8.24. The van der Waals surface area contributed by atoms with Crippen LogP contribution in [0.25, 0.3) is 11.0 Å². The number of fused-ring (bicyclic) bond motifs is 1. The van der Waals surface area contributed by atoms with Crippen molar-refractivity contribution in [1.82, 2.24) is 19.4 Å². The first-order chi connectivity index (χ1) is 19.0. The van der Waals surface area contributed by atoms with Crippen LogP contribution in [0.3, 0.4) is 0 Å². The summed E-state index contributed by atoms with van der Waals surface area (Å²) in [6.07, 6.45) is 1.90. The highest BCUT2D eigenvalue weighted by atomic mass is 35.5. The molecule has 0 aliphatic carbocycles. The number of hydrogen-bond donors (Lipinski definition) is 0. The highest BCUT2D eigenvalue weighted by Crippen LogP contribution is 2.26. The lowest BCUT2D eigenvalue weighted by atomic mass is 9.96. The van der Waals surface area contributed by atoms with E-state index < -0.39 is 0 Å². The first-order valence-electron chi connectivity index (χ1n) is 13.7. The van der Waals surface area contributed by atoms with Crippen LogP contribution in [-0.2, 0) is 17.9 Å². The summed E-state index contributed by atoms with van der Waals surface area (Å²) in [4.78, 5) is 24.9. The van der Waals surface area contributed by atoms with Gasteiger partial charge in [0.25, 0.3) is 0 Å². The SMILES string of the molecule is O=C([C@H]1CCCN(Cc2nc3ccccc3n2Cc2ccc(Cl)cc2)C1)N1CCN(c2ccccc2F)CC1. The van der Waals surface area contributed by atoms with E-state index in [9.17, 15) is 9.18 Å². The molecule has 2 aliphatic heterocycles. The van der Waals surface area contributed by atoms with Crippen LogP contribution >= 0.6 is 11.6 Å². The number of benzene rings is 3. The number of amides is 1. The van der Waals surface area contributed by atoms with Crippen LogP contribution in [-0.4, -0.2) is 64.5 Å². The summed E-state index contributed by atoms with van der Waals surface area (Å²) in [7, 11) is 0. The maximum Gasteiger partial charge on any atom is 0.227 e. The molecule has 1 atom stereocenters. The van der Waals surface area contributed by atoms with Crippen LogP contribution < -0.4 is 4.90 Å². The molecule has 6 rings (SSSR count). The van der Waals surface area contributed by atoms with Crippen LogP contribution in [0.2, 0.25) is 5.02 Å². The Balaban J connectivity index is 1.12. The molecule has 0 unspecified atom stereocenters. The average Bonchev–Trinajstić information content (AvgIpc) is 3.31. The number of para-hydroxylation sites is 3. The molecule has 0 radical (unpaired) electrons. The van der Waals surface area contributed by atoms with Gasteiger partial charge in [0.15, 0.2) is 0 Å². The van der Waals surface area contributed by atoms with Gasteiger partial charge in [-0.3, -0.25) is 9.69 Å². The summed E-state index contributed by atoms with van der Waals surface area (Å²) >= 11 is 6.11. The van der Waals surface area contributed by atoms with Gasteiger partial charge in [-0.2, -0.15) is 0 Å². The zero-order valence-corrected chi connectivity index (χ0v) is 22.7. The summed E-state index contributed by atoms with van der Waals surface area (Å²) < 4.78 is 16.5. The fourth-order valence-electron chi connectivity index (χ4n) is 5.93. The predicted molar refractivity (Wildman–Crippen MR) is 153 cm³/mol. The average molecular weight is 546 g/mol. The Morgan fingerprint density at radius 1 is 0.897 bits per heavy atom. The molecule has 0 N–H and O–H groups in total. The number of nitrogens with zero attached hydrogens (tertiary/aromatic N) is 5. The Morgan fingerprint density at radius 3 is 2.44 bits per heavy atom. The van der Waals surface area contributed by atoms with Crippen LogP contribution in [0.5, 0.6) is 0 Å². The number of piperazine rings is 1. The molecule has 2 saturated heterocycles. The van der Waals surface area contributed by atoms with Gasteiger partial charge in [0.05, 0.1) is 29.2 Å². The second-order valence-corrected chi connectivity index (χ2v) is 11.0. The monoisotopic (exact) mass is 545 g/mol. The van der Waals surface area contributed by atoms with Crippen LogP contribution in [0.15, 0.2) is 72.8 Å². The van der Waals surface area contributed by atoms with E-state index in [1.165, 1.54) is 11.6 Å². The highest BCUT2D eigenvalue weighted by molar-refractivity contribution is 6.30. The number of carbonyl (C=O) groups is 1. The van der Waals surface area contributed by atoms with Gasteiger partial charge in [0, 0.05) is 44.3 Å². The van der Waals surface area contributed by atoms with Gasteiger partial charge >= 0.3 is 0 Å². The Kier molecular flexibility index (Phi) is 7.53. The first kappa shape index (κ1) is 25.8. The lowest BCUT2D eigenvalue weighted by Gasteiger charge is -2.39. The van der Waals surface area contributed by atoms with E-state index in [1.54, 1.807) is 6.07 Å². The van der Waals surface area contributed by atoms with Gasteiger partial charge in [-0.25, -0.2) is 9.37 Å². The Hall–Kier alpha value is -3.42. The van der Waals surface area contributed by atoms with Crippen molar-refractivity contribution in [2.24, 2.45) is 5.92 Å². The van der Waals surface area contributed by atoms with Crippen molar-refractivity contribution in [2.45, 2.75) is 25.9 Å². The zero-order valence-electron chi connectivity index (χ0n) is 22.0. The molecule has 1 amide bonds. The normalized spacial score (nSPS) is 18.6. The number of piperidine rings is 1. The van der Waals surface area contributed by atoms with Crippen molar-refractivity contribution in [2.75, 3.05) is 44.2 Å².